The maximum Gasteiger partial charge on any atom is 0.222 e. The van der Waals surface area contributed by atoms with Crippen molar-refractivity contribution >= 4 is 11.7 Å². The second-order valence-corrected chi connectivity index (χ2v) is 6.40. The molecule has 1 N–H and O–H groups in total. The molecule has 0 bridgehead atoms. The van der Waals surface area contributed by atoms with Crippen molar-refractivity contribution in [3.63, 3.8) is 0 Å². The Bertz CT molecular complexity index is 456. The quantitative estimate of drug-likeness (QED) is 0.894. The second kappa shape index (κ2) is 5.77. The Morgan fingerprint density at radius 3 is 2.35 bits per heavy atom. The van der Waals surface area contributed by atoms with Gasteiger partial charge in [-0.05, 0) is 25.0 Å². The van der Waals surface area contributed by atoms with Gasteiger partial charge >= 0.3 is 0 Å². The lowest BCUT2D eigenvalue weighted by atomic mass is 9.92. The van der Waals surface area contributed by atoms with Crippen molar-refractivity contribution in [2.45, 2.75) is 39.0 Å². The predicted molar refractivity (Wildman–Crippen MR) is 79.7 cm³/mol. The second-order valence-electron chi connectivity index (χ2n) is 6.40. The standard InChI is InChI=1S/C15H24N4O/c1-15(2,3)12-5-6-13(18-17-12)19-9-7-11(8-10-19)14(20)16-4/h5-6,11H,7-10H2,1-4H3,(H,16,20). The molecule has 1 aromatic rings. The lowest BCUT2D eigenvalue weighted by Crippen LogP contribution is -2.40. The molecule has 0 unspecified atom stereocenters. The number of aromatic nitrogens is 2. The molecule has 2 heterocycles. The normalized spacial score (nSPS) is 17.1. The number of amides is 1. The van der Waals surface area contributed by atoms with Gasteiger partial charge in [0, 0.05) is 31.5 Å². The van der Waals surface area contributed by atoms with E-state index in [1.54, 1.807) is 7.05 Å². The monoisotopic (exact) mass is 276 g/mol. The van der Waals surface area contributed by atoms with Crippen LogP contribution in [0.1, 0.15) is 39.3 Å². The number of hydrogen-bond acceptors (Lipinski definition) is 4. The largest absolute Gasteiger partial charge is 0.359 e. The zero-order chi connectivity index (χ0) is 14.8. The number of carbonyl (C=O) groups is 1. The van der Waals surface area contributed by atoms with Crippen molar-refractivity contribution in [3.05, 3.63) is 17.8 Å². The number of rotatable bonds is 2. The number of piperidine rings is 1. The molecule has 0 aromatic carbocycles. The fraction of sp³-hybridized carbons (Fsp3) is 0.667. The highest BCUT2D eigenvalue weighted by Gasteiger charge is 2.25. The van der Waals surface area contributed by atoms with Crippen molar-refractivity contribution in [3.8, 4) is 0 Å². The molecule has 2 rings (SSSR count). The van der Waals surface area contributed by atoms with E-state index in [9.17, 15) is 4.79 Å². The molecule has 1 saturated heterocycles. The van der Waals surface area contributed by atoms with Crippen molar-refractivity contribution in [2.75, 3.05) is 25.0 Å². The molecule has 0 radical (unpaired) electrons. The first kappa shape index (κ1) is 14.8. The van der Waals surface area contributed by atoms with Gasteiger partial charge in [0.2, 0.25) is 5.91 Å². The maximum absolute atomic E-state index is 11.6. The molecular formula is C15H24N4O. The van der Waals surface area contributed by atoms with Crippen LogP contribution in [0.15, 0.2) is 12.1 Å². The summed E-state index contributed by atoms with van der Waals surface area (Å²) in [6.45, 7) is 8.12. The summed E-state index contributed by atoms with van der Waals surface area (Å²) in [5.41, 5.74) is 1.03. The summed E-state index contributed by atoms with van der Waals surface area (Å²) in [7, 11) is 1.70. The summed E-state index contributed by atoms with van der Waals surface area (Å²) in [5, 5.41) is 11.4. The molecule has 110 valence electrons. The molecule has 0 atom stereocenters. The summed E-state index contributed by atoms with van der Waals surface area (Å²) < 4.78 is 0. The Balaban J connectivity index is 1.99. The molecule has 20 heavy (non-hydrogen) atoms. The highest BCUT2D eigenvalue weighted by atomic mass is 16.1. The third kappa shape index (κ3) is 3.26. The predicted octanol–water partition coefficient (Wildman–Crippen LogP) is 1.74. The van der Waals surface area contributed by atoms with Gasteiger partial charge in [-0.25, -0.2) is 0 Å². The van der Waals surface area contributed by atoms with Gasteiger partial charge in [0.25, 0.3) is 0 Å². The number of anilines is 1. The van der Waals surface area contributed by atoms with Crippen LogP contribution in [0.4, 0.5) is 5.82 Å². The van der Waals surface area contributed by atoms with E-state index in [2.05, 4.69) is 41.2 Å². The molecule has 5 heteroatoms. The van der Waals surface area contributed by atoms with Gasteiger partial charge in [0.05, 0.1) is 5.69 Å². The fourth-order valence-electron chi connectivity index (χ4n) is 2.47. The summed E-state index contributed by atoms with van der Waals surface area (Å²) in [5.74, 6) is 1.20. The smallest absolute Gasteiger partial charge is 0.222 e. The fourth-order valence-corrected chi connectivity index (χ4v) is 2.47. The lowest BCUT2D eigenvalue weighted by molar-refractivity contribution is -0.125. The molecule has 1 aliphatic rings. The van der Waals surface area contributed by atoms with E-state index in [1.165, 1.54) is 0 Å². The molecule has 0 spiro atoms. The van der Waals surface area contributed by atoms with Crippen LogP contribution in [-0.4, -0.2) is 36.2 Å². The molecule has 1 amide bonds. The third-order valence-corrected chi connectivity index (χ3v) is 3.86. The van der Waals surface area contributed by atoms with Gasteiger partial charge in [-0.3, -0.25) is 4.79 Å². The van der Waals surface area contributed by atoms with Crippen LogP contribution in [0.2, 0.25) is 0 Å². The third-order valence-electron chi connectivity index (χ3n) is 3.86. The summed E-state index contributed by atoms with van der Waals surface area (Å²) >= 11 is 0. The number of nitrogens with one attached hydrogen (secondary N) is 1. The molecule has 1 aliphatic heterocycles. The van der Waals surface area contributed by atoms with Crippen LogP contribution in [0.5, 0.6) is 0 Å². The Morgan fingerprint density at radius 1 is 1.25 bits per heavy atom. The Morgan fingerprint density at radius 2 is 1.90 bits per heavy atom. The van der Waals surface area contributed by atoms with Crippen LogP contribution in [0.3, 0.4) is 0 Å². The van der Waals surface area contributed by atoms with Crippen LogP contribution < -0.4 is 10.2 Å². The molecular weight excluding hydrogens is 252 g/mol. The highest BCUT2D eigenvalue weighted by molar-refractivity contribution is 5.78. The number of hydrogen-bond donors (Lipinski definition) is 1. The molecule has 0 saturated carbocycles. The number of carbonyl (C=O) groups excluding carboxylic acids is 1. The minimum atomic E-state index is 0.0255. The van der Waals surface area contributed by atoms with Crippen LogP contribution in [-0.2, 0) is 10.2 Å². The Kier molecular flexibility index (Phi) is 4.26. The molecule has 5 nitrogen and oxygen atoms in total. The van der Waals surface area contributed by atoms with Crippen molar-refractivity contribution in [1.29, 1.82) is 0 Å². The average Bonchev–Trinajstić information content (AvgIpc) is 2.46. The summed E-state index contributed by atoms with van der Waals surface area (Å²) in [6.07, 6.45) is 1.75. The zero-order valence-electron chi connectivity index (χ0n) is 12.8. The van der Waals surface area contributed by atoms with E-state index >= 15 is 0 Å². The zero-order valence-corrected chi connectivity index (χ0v) is 12.8. The van der Waals surface area contributed by atoms with Gasteiger partial charge < -0.3 is 10.2 Å². The molecule has 1 fully saturated rings. The summed E-state index contributed by atoms with van der Waals surface area (Å²) in [4.78, 5) is 13.8. The Hall–Kier alpha value is -1.65. The van der Waals surface area contributed by atoms with Gasteiger partial charge in [0.1, 0.15) is 0 Å². The maximum atomic E-state index is 11.6. The van der Waals surface area contributed by atoms with Crippen molar-refractivity contribution in [2.24, 2.45) is 5.92 Å². The minimum absolute atomic E-state index is 0.0255. The first-order valence-electron chi connectivity index (χ1n) is 7.22. The molecule has 1 aromatic heterocycles. The van der Waals surface area contributed by atoms with Crippen LogP contribution in [0, 0.1) is 5.92 Å². The average molecular weight is 276 g/mol. The van der Waals surface area contributed by atoms with E-state index in [-0.39, 0.29) is 17.2 Å². The van der Waals surface area contributed by atoms with Crippen molar-refractivity contribution < 1.29 is 4.79 Å². The van der Waals surface area contributed by atoms with Gasteiger partial charge in [-0.1, -0.05) is 20.8 Å². The van der Waals surface area contributed by atoms with E-state index in [0.717, 1.165) is 37.4 Å². The first-order chi connectivity index (χ1) is 9.41. The SMILES string of the molecule is CNC(=O)C1CCN(c2ccc(C(C)(C)C)nn2)CC1. The number of nitrogens with zero attached hydrogens (tertiary/aromatic N) is 3. The minimum Gasteiger partial charge on any atom is -0.359 e. The van der Waals surface area contributed by atoms with Gasteiger partial charge in [-0.2, -0.15) is 5.10 Å². The van der Waals surface area contributed by atoms with Gasteiger partial charge in [0.15, 0.2) is 5.82 Å². The van der Waals surface area contributed by atoms with E-state index in [0.29, 0.717) is 0 Å². The van der Waals surface area contributed by atoms with Crippen molar-refractivity contribution in [1.82, 2.24) is 15.5 Å². The lowest BCUT2D eigenvalue weighted by Gasteiger charge is -2.31. The highest BCUT2D eigenvalue weighted by Crippen LogP contribution is 2.24. The molecule has 0 aliphatic carbocycles. The van der Waals surface area contributed by atoms with E-state index in [4.69, 9.17) is 0 Å². The van der Waals surface area contributed by atoms with Gasteiger partial charge in [-0.15, -0.1) is 5.10 Å². The van der Waals surface area contributed by atoms with Crippen LogP contribution >= 0.6 is 0 Å². The topological polar surface area (TPSA) is 58.1 Å². The Labute approximate surface area is 120 Å². The summed E-state index contributed by atoms with van der Waals surface area (Å²) in [6, 6.07) is 4.08. The first-order valence-corrected chi connectivity index (χ1v) is 7.22. The van der Waals surface area contributed by atoms with E-state index in [1.807, 2.05) is 12.1 Å². The van der Waals surface area contributed by atoms with E-state index < -0.39 is 0 Å². The van der Waals surface area contributed by atoms with Crippen LogP contribution in [0.25, 0.3) is 0 Å².